The van der Waals surface area contributed by atoms with E-state index in [2.05, 4.69) is 9.97 Å². The van der Waals surface area contributed by atoms with Crippen LogP contribution in [-0.2, 0) is 11.3 Å². The summed E-state index contributed by atoms with van der Waals surface area (Å²) in [5.41, 5.74) is 2.44. The number of ether oxygens (including phenoxy) is 1. The number of hydrogen-bond donors (Lipinski definition) is 1. The van der Waals surface area contributed by atoms with Crippen LogP contribution in [0.2, 0.25) is 0 Å². The molecule has 0 spiro atoms. The molecule has 0 bridgehead atoms. The van der Waals surface area contributed by atoms with Crippen molar-refractivity contribution in [2.45, 2.75) is 19.4 Å². The molecule has 4 rings (SSSR count). The van der Waals surface area contributed by atoms with Gasteiger partial charge in [0.05, 0.1) is 11.1 Å². The van der Waals surface area contributed by atoms with E-state index in [1.807, 2.05) is 12.1 Å². The number of nitrogens with one attached hydrogen (secondary N) is 1. The van der Waals surface area contributed by atoms with Crippen LogP contribution in [0.4, 0.5) is 4.39 Å². The maximum absolute atomic E-state index is 13.6. The second kappa shape index (κ2) is 6.73. The molecular weight excluding hydrogens is 335 g/mol. The number of imidazole rings is 1. The van der Waals surface area contributed by atoms with E-state index in [-0.39, 0.29) is 11.3 Å². The average molecular weight is 352 g/mol. The SMILES string of the molecule is N#Cc1cc(-c2cnc3[nH]c(=O)n(CC4CCOCC4)c3c2)ccc1F. The van der Waals surface area contributed by atoms with Crippen LogP contribution in [0.25, 0.3) is 22.3 Å². The quantitative estimate of drug-likeness (QED) is 0.786. The second-order valence-electron chi connectivity index (χ2n) is 6.49. The monoisotopic (exact) mass is 352 g/mol. The van der Waals surface area contributed by atoms with Gasteiger partial charge in [-0.15, -0.1) is 0 Å². The van der Waals surface area contributed by atoms with Gasteiger partial charge in [0.25, 0.3) is 0 Å². The molecule has 132 valence electrons. The molecule has 26 heavy (non-hydrogen) atoms. The first kappa shape index (κ1) is 16.5. The fourth-order valence-corrected chi connectivity index (χ4v) is 3.35. The minimum Gasteiger partial charge on any atom is -0.381 e. The minimum atomic E-state index is -0.552. The first-order valence-electron chi connectivity index (χ1n) is 8.52. The average Bonchev–Trinajstić information content (AvgIpc) is 2.98. The highest BCUT2D eigenvalue weighted by atomic mass is 19.1. The summed E-state index contributed by atoms with van der Waals surface area (Å²) in [4.78, 5) is 19.5. The minimum absolute atomic E-state index is 0.0174. The fraction of sp³-hybridized carbons (Fsp3) is 0.316. The summed E-state index contributed by atoms with van der Waals surface area (Å²) in [7, 11) is 0. The van der Waals surface area contributed by atoms with Crippen molar-refractivity contribution >= 4 is 11.2 Å². The summed E-state index contributed by atoms with van der Waals surface area (Å²) < 4.78 is 20.7. The Labute approximate surface area is 148 Å². The summed E-state index contributed by atoms with van der Waals surface area (Å²) in [5, 5.41) is 9.03. The van der Waals surface area contributed by atoms with Crippen LogP contribution >= 0.6 is 0 Å². The van der Waals surface area contributed by atoms with E-state index in [0.717, 1.165) is 31.6 Å². The molecule has 1 fully saturated rings. The molecule has 6 nitrogen and oxygen atoms in total. The van der Waals surface area contributed by atoms with Gasteiger partial charge in [-0.05, 0) is 42.5 Å². The largest absolute Gasteiger partial charge is 0.381 e. The summed E-state index contributed by atoms with van der Waals surface area (Å²) in [5.74, 6) is -0.163. The topological polar surface area (TPSA) is 83.7 Å². The molecule has 0 saturated carbocycles. The lowest BCUT2D eigenvalue weighted by atomic mass is 10.0. The van der Waals surface area contributed by atoms with Gasteiger partial charge in [0.2, 0.25) is 0 Å². The Kier molecular flexibility index (Phi) is 4.27. The van der Waals surface area contributed by atoms with Gasteiger partial charge in [-0.25, -0.2) is 14.2 Å². The lowest BCUT2D eigenvalue weighted by Crippen LogP contribution is -2.25. The van der Waals surface area contributed by atoms with Gasteiger partial charge in [0.15, 0.2) is 5.65 Å². The van der Waals surface area contributed by atoms with Gasteiger partial charge in [-0.2, -0.15) is 5.26 Å². The Bertz CT molecular complexity index is 1060. The van der Waals surface area contributed by atoms with Crippen molar-refractivity contribution in [2.24, 2.45) is 5.92 Å². The molecule has 1 N–H and O–H groups in total. The van der Waals surface area contributed by atoms with Gasteiger partial charge < -0.3 is 4.74 Å². The molecule has 7 heteroatoms. The Morgan fingerprint density at radius 3 is 2.88 bits per heavy atom. The Hall–Kier alpha value is -2.98. The van der Waals surface area contributed by atoms with Crippen molar-refractivity contribution in [3.63, 3.8) is 0 Å². The van der Waals surface area contributed by atoms with Gasteiger partial charge in [0.1, 0.15) is 11.9 Å². The molecule has 3 aromatic rings. The summed E-state index contributed by atoms with van der Waals surface area (Å²) in [6.45, 7) is 2.05. The highest BCUT2D eigenvalue weighted by molar-refractivity contribution is 5.78. The number of rotatable bonds is 3. The highest BCUT2D eigenvalue weighted by Gasteiger charge is 2.18. The number of nitriles is 1. The van der Waals surface area contributed by atoms with Crippen LogP contribution in [0.3, 0.4) is 0 Å². The summed E-state index contributed by atoms with van der Waals surface area (Å²) in [6, 6.07) is 8.06. The summed E-state index contributed by atoms with van der Waals surface area (Å²) >= 11 is 0. The van der Waals surface area contributed by atoms with Crippen LogP contribution in [-0.4, -0.2) is 27.7 Å². The number of H-pyrrole nitrogens is 1. The van der Waals surface area contributed by atoms with E-state index in [9.17, 15) is 9.18 Å². The van der Waals surface area contributed by atoms with Gasteiger partial charge in [0, 0.05) is 31.5 Å². The Morgan fingerprint density at radius 1 is 1.31 bits per heavy atom. The number of aromatic amines is 1. The van der Waals surface area contributed by atoms with Crippen LogP contribution in [0.15, 0.2) is 35.3 Å². The number of aromatic nitrogens is 3. The normalized spacial score (nSPS) is 15.2. The highest BCUT2D eigenvalue weighted by Crippen LogP contribution is 2.25. The van der Waals surface area contributed by atoms with Crippen molar-refractivity contribution in [1.82, 2.24) is 14.5 Å². The number of halogens is 1. The molecule has 0 atom stereocenters. The molecule has 0 amide bonds. The van der Waals surface area contributed by atoms with Gasteiger partial charge in [-0.1, -0.05) is 6.07 Å². The number of fused-ring (bicyclic) bond motifs is 1. The number of pyridine rings is 1. The van der Waals surface area contributed by atoms with E-state index in [4.69, 9.17) is 10.00 Å². The van der Waals surface area contributed by atoms with Crippen molar-refractivity contribution in [2.75, 3.05) is 13.2 Å². The van der Waals surface area contributed by atoms with Crippen LogP contribution in [0.5, 0.6) is 0 Å². The maximum atomic E-state index is 13.6. The third kappa shape index (κ3) is 3.00. The number of hydrogen-bond acceptors (Lipinski definition) is 4. The van der Waals surface area contributed by atoms with Crippen molar-refractivity contribution in [1.29, 1.82) is 5.26 Å². The molecule has 1 aliphatic rings. The smallest absolute Gasteiger partial charge is 0.327 e. The van der Waals surface area contributed by atoms with Crippen molar-refractivity contribution in [3.8, 4) is 17.2 Å². The third-order valence-electron chi connectivity index (χ3n) is 4.83. The zero-order valence-corrected chi connectivity index (χ0v) is 14.0. The molecule has 2 aromatic heterocycles. The zero-order valence-electron chi connectivity index (χ0n) is 14.0. The molecule has 1 aliphatic heterocycles. The van der Waals surface area contributed by atoms with Crippen molar-refractivity contribution in [3.05, 3.63) is 52.3 Å². The van der Waals surface area contributed by atoms with E-state index in [0.29, 0.717) is 29.2 Å². The second-order valence-corrected chi connectivity index (χ2v) is 6.49. The van der Waals surface area contributed by atoms with E-state index < -0.39 is 5.82 Å². The van der Waals surface area contributed by atoms with Crippen LogP contribution in [0.1, 0.15) is 18.4 Å². The van der Waals surface area contributed by atoms with Crippen LogP contribution < -0.4 is 5.69 Å². The molecular formula is C19H17FN4O2. The molecule has 3 heterocycles. The first-order chi connectivity index (χ1) is 12.7. The van der Waals surface area contributed by atoms with E-state index >= 15 is 0 Å². The number of nitrogens with zero attached hydrogens (tertiary/aromatic N) is 3. The number of benzene rings is 1. The fourth-order valence-electron chi connectivity index (χ4n) is 3.35. The third-order valence-corrected chi connectivity index (χ3v) is 4.83. The predicted molar refractivity (Wildman–Crippen MR) is 94.0 cm³/mol. The van der Waals surface area contributed by atoms with E-state index in [1.165, 1.54) is 12.1 Å². The Balaban J connectivity index is 1.75. The molecule has 0 radical (unpaired) electrons. The van der Waals surface area contributed by atoms with Crippen LogP contribution in [0, 0.1) is 23.1 Å². The lowest BCUT2D eigenvalue weighted by molar-refractivity contribution is 0.0613. The lowest BCUT2D eigenvalue weighted by Gasteiger charge is -2.22. The first-order valence-corrected chi connectivity index (χ1v) is 8.52. The molecule has 1 aromatic carbocycles. The molecule has 0 aliphatic carbocycles. The van der Waals surface area contributed by atoms with Gasteiger partial charge >= 0.3 is 5.69 Å². The zero-order chi connectivity index (χ0) is 18.1. The molecule has 0 unspecified atom stereocenters. The summed E-state index contributed by atoms with van der Waals surface area (Å²) in [6.07, 6.45) is 3.47. The predicted octanol–water partition coefficient (Wildman–Crippen LogP) is 2.83. The Morgan fingerprint density at radius 2 is 2.12 bits per heavy atom. The van der Waals surface area contributed by atoms with E-state index in [1.54, 1.807) is 16.8 Å². The van der Waals surface area contributed by atoms with Crippen molar-refractivity contribution < 1.29 is 9.13 Å². The standard InChI is InChI=1S/C19H17FN4O2/c20-16-2-1-13(7-14(16)9-21)15-8-17-18(22-10-15)23-19(25)24(17)11-12-3-5-26-6-4-12/h1-2,7-8,10,12H,3-6,11H2,(H,22,23,25). The molecule has 1 saturated heterocycles. The van der Waals surface area contributed by atoms with Gasteiger partial charge in [-0.3, -0.25) is 9.55 Å². The maximum Gasteiger partial charge on any atom is 0.327 e.